The molecule has 124 valence electrons. The number of aliphatic hydroxyl groups is 1. The van der Waals surface area contributed by atoms with E-state index in [-0.39, 0.29) is 19.0 Å². The second-order valence-corrected chi connectivity index (χ2v) is 5.79. The van der Waals surface area contributed by atoms with E-state index >= 15 is 0 Å². The monoisotopic (exact) mass is 316 g/mol. The van der Waals surface area contributed by atoms with Crippen LogP contribution in [-0.4, -0.2) is 21.3 Å². The van der Waals surface area contributed by atoms with Gasteiger partial charge in [0.1, 0.15) is 0 Å². The Labute approximate surface area is 136 Å². The van der Waals surface area contributed by atoms with Crippen LogP contribution in [0.3, 0.4) is 0 Å². The normalized spacial score (nSPS) is 12.1. The summed E-state index contributed by atoms with van der Waals surface area (Å²) in [4.78, 5) is 4.10. The van der Waals surface area contributed by atoms with Gasteiger partial charge in [-0.2, -0.15) is 0 Å². The highest BCUT2D eigenvalue weighted by atomic mass is 35.5. The molecule has 21 heavy (non-hydrogen) atoms. The summed E-state index contributed by atoms with van der Waals surface area (Å²) in [6.45, 7) is 2.53. The van der Waals surface area contributed by atoms with Crippen LogP contribution in [0.5, 0.6) is 0 Å². The van der Waals surface area contributed by atoms with Crippen molar-refractivity contribution in [1.82, 2.24) is 9.55 Å². The highest BCUT2D eigenvalue weighted by molar-refractivity contribution is 5.85. The first-order valence-electron chi connectivity index (χ1n) is 8.46. The van der Waals surface area contributed by atoms with Gasteiger partial charge in [-0.1, -0.05) is 64.7 Å². The second-order valence-electron chi connectivity index (χ2n) is 5.79. The first-order chi connectivity index (χ1) is 9.88. The molecule has 1 heterocycles. The number of hydrogen-bond donors (Lipinski definition) is 1. The lowest BCUT2D eigenvalue weighted by Crippen LogP contribution is -2.09. The number of aliphatic hydroxyl groups excluding tert-OH is 1. The number of halogens is 1. The van der Waals surface area contributed by atoms with Crippen LogP contribution in [0.15, 0.2) is 18.7 Å². The van der Waals surface area contributed by atoms with Gasteiger partial charge in [-0.25, -0.2) is 4.98 Å². The van der Waals surface area contributed by atoms with Gasteiger partial charge in [0.15, 0.2) is 0 Å². The molecule has 0 spiro atoms. The van der Waals surface area contributed by atoms with Crippen molar-refractivity contribution >= 4 is 12.4 Å². The Morgan fingerprint density at radius 3 is 2.10 bits per heavy atom. The molecule has 0 bridgehead atoms. The predicted molar refractivity (Wildman–Crippen MR) is 92.1 cm³/mol. The van der Waals surface area contributed by atoms with Crippen molar-refractivity contribution < 1.29 is 5.11 Å². The minimum Gasteiger partial charge on any atom is -0.396 e. The van der Waals surface area contributed by atoms with E-state index in [1.165, 1.54) is 57.8 Å². The third-order valence-corrected chi connectivity index (χ3v) is 4.05. The average molecular weight is 317 g/mol. The van der Waals surface area contributed by atoms with E-state index in [0.717, 1.165) is 12.8 Å². The molecule has 0 aliphatic carbocycles. The maximum atomic E-state index is 9.15. The summed E-state index contributed by atoms with van der Waals surface area (Å²) < 4.78 is 2.14. The van der Waals surface area contributed by atoms with E-state index in [4.69, 9.17) is 5.11 Å². The van der Waals surface area contributed by atoms with E-state index in [0.29, 0.717) is 6.04 Å². The van der Waals surface area contributed by atoms with Crippen LogP contribution in [0.25, 0.3) is 0 Å². The van der Waals surface area contributed by atoms with Crippen molar-refractivity contribution in [2.75, 3.05) is 6.61 Å². The SMILES string of the molecule is CCCCCCCCCCCC(CCO)n1ccnc1.Cl. The summed E-state index contributed by atoms with van der Waals surface area (Å²) in [5, 5.41) is 9.15. The van der Waals surface area contributed by atoms with Gasteiger partial charge >= 0.3 is 0 Å². The zero-order valence-electron chi connectivity index (χ0n) is 13.5. The van der Waals surface area contributed by atoms with E-state index in [1.807, 2.05) is 18.7 Å². The van der Waals surface area contributed by atoms with Gasteiger partial charge in [0.25, 0.3) is 0 Å². The van der Waals surface area contributed by atoms with E-state index in [1.54, 1.807) is 0 Å². The van der Waals surface area contributed by atoms with Crippen molar-refractivity contribution in [3.05, 3.63) is 18.7 Å². The van der Waals surface area contributed by atoms with Gasteiger partial charge in [-0.15, -0.1) is 12.4 Å². The zero-order valence-corrected chi connectivity index (χ0v) is 14.4. The fourth-order valence-corrected chi connectivity index (χ4v) is 2.77. The lowest BCUT2D eigenvalue weighted by molar-refractivity contribution is 0.250. The smallest absolute Gasteiger partial charge is 0.0948 e. The molecule has 0 aromatic carbocycles. The largest absolute Gasteiger partial charge is 0.396 e. The number of rotatable bonds is 13. The Hall–Kier alpha value is -0.540. The quantitative estimate of drug-likeness (QED) is 0.511. The summed E-state index contributed by atoms with van der Waals surface area (Å²) >= 11 is 0. The molecule has 0 fully saturated rings. The van der Waals surface area contributed by atoms with Crippen LogP contribution >= 0.6 is 12.4 Å². The van der Waals surface area contributed by atoms with Crippen molar-refractivity contribution in [2.24, 2.45) is 0 Å². The molecule has 0 amide bonds. The molecular weight excluding hydrogens is 284 g/mol. The van der Waals surface area contributed by atoms with E-state index in [9.17, 15) is 0 Å². The molecule has 1 N–H and O–H groups in total. The highest BCUT2D eigenvalue weighted by Gasteiger charge is 2.09. The molecular formula is C17H33ClN2O. The Bertz CT molecular complexity index is 304. The summed E-state index contributed by atoms with van der Waals surface area (Å²) in [5.41, 5.74) is 0. The molecule has 1 rings (SSSR count). The van der Waals surface area contributed by atoms with Gasteiger partial charge in [0.05, 0.1) is 6.33 Å². The first-order valence-corrected chi connectivity index (χ1v) is 8.46. The number of hydrogen-bond acceptors (Lipinski definition) is 2. The topological polar surface area (TPSA) is 38.0 Å². The molecule has 1 unspecified atom stereocenters. The third kappa shape index (κ3) is 9.92. The van der Waals surface area contributed by atoms with Crippen LogP contribution < -0.4 is 0 Å². The molecule has 3 nitrogen and oxygen atoms in total. The van der Waals surface area contributed by atoms with Crippen molar-refractivity contribution in [1.29, 1.82) is 0 Å². The Balaban J connectivity index is 0.00000400. The lowest BCUT2D eigenvalue weighted by Gasteiger charge is -2.17. The Morgan fingerprint density at radius 1 is 0.952 bits per heavy atom. The highest BCUT2D eigenvalue weighted by Crippen LogP contribution is 2.20. The second kappa shape index (κ2) is 14.4. The molecule has 4 heteroatoms. The summed E-state index contributed by atoms with van der Waals surface area (Å²) in [6, 6.07) is 0.423. The Morgan fingerprint density at radius 2 is 1.57 bits per heavy atom. The van der Waals surface area contributed by atoms with Crippen LogP contribution in [0.2, 0.25) is 0 Å². The molecule has 0 saturated carbocycles. The molecule has 0 aliphatic rings. The molecule has 1 atom stereocenters. The molecule has 0 saturated heterocycles. The van der Waals surface area contributed by atoms with Gasteiger partial charge < -0.3 is 9.67 Å². The van der Waals surface area contributed by atoms with Gasteiger partial charge in [-0.3, -0.25) is 0 Å². The molecule has 1 aromatic rings. The van der Waals surface area contributed by atoms with E-state index in [2.05, 4.69) is 16.5 Å². The first kappa shape index (κ1) is 20.5. The van der Waals surface area contributed by atoms with Crippen molar-refractivity contribution in [2.45, 2.75) is 83.6 Å². The fraction of sp³-hybridized carbons (Fsp3) is 0.824. The maximum absolute atomic E-state index is 9.15. The average Bonchev–Trinajstić information content (AvgIpc) is 2.98. The van der Waals surface area contributed by atoms with Gasteiger partial charge in [0, 0.05) is 25.0 Å². The van der Waals surface area contributed by atoms with Crippen LogP contribution in [-0.2, 0) is 0 Å². The standard InChI is InChI=1S/C17H32N2O.ClH/c1-2-3-4-5-6-7-8-9-10-11-17(12-15-20)19-14-13-18-16-19;/h13-14,16-17,20H,2-12,15H2,1H3;1H. The van der Waals surface area contributed by atoms with Crippen molar-refractivity contribution in [3.8, 4) is 0 Å². The minimum atomic E-state index is 0. The minimum absolute atomic E-state index is 0. The number of aromatic nitrogens is 2. The zero-order chi connectivity index (χ0) is 14.5. The van der Waals surface area contributed by atoms with Crippen LogP contribution in [0.4, 0.5) is 0 Å². The summed E-state index contributed by atoms with van der Waals surface area (Å²) in [7, 11) is 0. The predicted octanol–water partition coefficient (Wildman–Crippen LogP) is 5.15. The maximum Gasteiger partial charge on any atom is 0.0948 e. The third-order valence-electron chi connectivity index (χ3n) is 4.05. The van der Waals surface area contributed by atoms with Gasteiger partial charge in [0.2, 0.25) is 0 Å². The number of imidazole rings is 1. The fourth-order valence-electron chi connectivity index (χ4n) is 2.77. The molecule has 1 aromatic heterocycles. The number of nitrogens with zero attached hydrogens (tertiary/aromatic N) is 2. The number of unbranched alkanes of at least 4 members (excludes halogenated alkanes) is 8. The van der Waals surface area contributed by atoms with Crippen LogP contribution in [0.1, 0.15) is 83.6 Å². The van der Waals surface area contributed by atoms with Crippen LogP contribution in [0, 0.1) is 0 Å². The summed E-state index contributed by atoms with van der Waals surface area (Å²) in [6.07, 6.45) is 20.0. The molecule has 0 aliphatic heterocycles. The van der Waals surface area contributed by atoms with Crippen molar-refractivity contribution in [3.63, 3.8) is 0 Å². The Kier molecular flexibility index (Phi) is 14.0. The molecule has 0 radical (unpaired) electrons. The lowest BCUT2D eigenvalue weighted by atomic mass is 10.0. The van der Waals surface area contributed by atoms with Gasteiger partial charge in [-0.05, 0) is 12.8 Å². The van der Waals surface area contributed by atoms with E-state index < -0.39 is 0 Å². The summed E-state index contributed by atoms with van der Waals surface area (Å²) in [5.74, 6) is 0.